The Morgan fingerprint density at radius 3 is 2.53 bits per heavy atom. The van der Waals surface area contributed by atoms with Crippen LogP contribution in [0.4, 0.5) is 17.6 Å². The summed E-state index contributed by atoms with van der Waals surface area (Å²) in [6.07, 6.45) is -3.35. The molecule has 1 N–H and O–H groups in total. The molecule has 19 heavy (non-hydrogen) atoms. The third kappa shape index (κ3) is 3.92. The van der Waals surface area contributed by atoms with Crippen LogP contribution in [0.2, 0.25) is 0 Å². The normalized spacial score (nSPS) is 11.5. The lowest BCUT2D eigenvalue weighted by Gasteiger charge is -2.13. The summed E-state index contributed by atoms with van der Waals surface area (Å²) in [5.41, 5.74) is -2.07. The molecule has 1 rings (SSSR count). The molecule has 0 atom stereocenters. The van der Waals surface area contributed by atoms with Gasteiger partial charge >= 0.3 is 6.18 Å². The van der Waals surface area contributed by atoms with E-state index in [1.165, 1.54) is 0 Å². The van der Waals surface area contributed by atoms with E-state index in [9.17, 15) is 22.4 Å². The molecule has 0 saturated carbocycles. The maximum absolute atomic E-state index is 13.8. The largest absolute Gasteiger partial charge is 0.419 e. The smallest absolute Gasteiger partial charge is 0.352 e. The Morgan fingerprint density at radius 2 is 2.00 bits per heavy atom. The molecule has 0 unspecified atom stereocenters. The number of benzene rings is 1. The molecule has 1 aromatic carbocycles. The van der Waals surface area contributed by atoms with Crippen LogP contribution in [0.25, 0.3) is 0 Å². The van der Waals surface area contributed by atoms with Gasteiger partial charge < -0.3 is 5.32 Å². The molecule has 106 valence electrons. The summed E-state index contributed by atoms with van der Waals surface area (Å²) < 4.78 is 51.4. The van der Waals surface area contributed by atoms with Gasteiger partial charge in [-0.15, -0.1) is 0 Å². The van der Waals surface area contributed by atoms with E-state index in [0.29, 0.717) is 12.5 Å². The summed E-state index contributed by atoms with van der Waals surface area (Å²) in [5, 5.41) is 2.38. The number of unbranched alkanes of at least 4 members (excludes halogenated alkanes) is 1. The Balaban J connectivity index is 3.09. The minimum Gasteiger partial charge on any atom is -0.352 e. The summed E-state index contributed by atoms with van der Waals surface area (Å²) in [5.74, 6) is -2.42. The lowest BCUT2D eigenvalue weighted by molar-refractivity contribution is -0.140. The number of hydrogen-bond acceptors (Lipinski definition) is 1. The molecule has 0 aliphatic carbocycles. The van der Waals surface area contributed by atoms with E-state index in [2.05, 4.69) is 21.2 Å². The van der Waals surface area contributed by atoms with Crippen LogP contribution in [0.3, 0.4) is 0 Å². The highest BCUT2D eigenvalue weighted by Crippen LogP contribution is 2.34. The van der Waals surface area contributed by atoms with Gasteiger partial charge in [-0.1, -0.05) is 13.3 Å². The van der Waals surface area contributed by atoms with Crippen molar-refractivity contribution in [1.82, 2.24) is 5.32 Å². The number of rotatable bonds is 4. The van der Waals surface area contributed by atoms with Crippen molar-refractivity contribution < 1.29 is 22.4 Å². The Morgan fingerprint density at radius 1 is 1.37 bits per heavy atom. The Kier molecular flexibility index (Phi) is 5.34. The Hall–Kier alpha value is -1.11. The van der Waals surface area contributed by atoms with Crippen molar-refractivity contribution in [2.75, 3.05) is 6.54 Å². The van der Waals surface area contributed by atoms with Crippen molar-refractivity contribution in [1.29, 1.82) is 0 Å². The average molecular weight is 342 g/mol. The van der Waals surface area contributed by atoms with Gasteiger partial charge in [0, 0.05) is 11.0 Å². The SMILES string of the molecule is CCCCNC(=O)c1c(Br)ccc(C(F)(F)F)c1F. The first-order chi connectivity index (χ1) is 8.79. The second-order valence-electron chi connectivity index (χ2n) is 3.89. The van der Waals surface area contributed by atoms with Gasteiger partial charge in [0.15, 0.2) is 0 Å². The highest BCUT2D eigenvalue weighted by atomic mass is 79.9. The number of alkyl halides is 3. The van der Waals surface area contributed by atoms with E-state index in [4.69, 9.17) is 0 Å². The Bertz CT molecular complexity index is 474. The van der Waals surface area contributed by atoms with Crippen LogP contribution >= 0.6 is 15.9 Å². The molecule has 0 aliphatic heterocycles. The highest BCUT2D eigenvalue weighted by molar-refractivity contribution is 9.10. The van der Waals surface area contributed by atoms with E-state index in [1.54, 1.807) is 0 Å². The molecule has 0 radical (unpaired) electrons. The zero-order valence-electron chi connectivity index (χ0n) is 10.1. The van der Waals surface area contributed by atoms with Gasteiger partial charge in [-0.05, 0) is 34.5 Å². The number of halogens is 5. The maximum atomic E-state index is 13.8. The minimum atomic E-state index is -4.83. The summed E-state index contributed by atoms with van der Waals surface area (Å²) in [7, 11) is 0. The fourth-order valence-electron chi connectivity index (χ4n) is 1.45. The predicted octanol–water partition coefficient (Wildman–Crippen LogP) is 4.14. The van der Waals surface area contributed by atoms with E-state index in [-0.39, 0.29) is 11.0 Å². The molecule has 0 heterocycles. The quantitative estimate of drug-likeness (QED) is 0.647. The van der Waals surface area contributed by atoms with Crippen molar-refractivity contribution in [3.63, 3.8) is 0 Å². The zero-order valence-corrected chi connectivity index (χ0v) is 11.7. The van der Waals surface area contributed by atoms with Gasteiger partial charge in [-0.2, -0.15) is 13.2 Å². The zero-order chi connectivity index (χ0) is 14.6. The molecule has 1 amide bonds. The molecule has 0 bridgehead atoms. The first-order valence-electron chi connectivity index (χ1n) is 5.62. The lowest BCUT2D eigenvalue weighted by atomic mass is 10.1. The van der Waals surface area contributed by atoms with Crippen LogP contribution in [0, 0.1) is 5.82 Å². The third-order valence-electron chi connectivity index (χ3n) is 2.44. The molecule has 0 fully saturated rings. The van der Waals surface area contributed by atoms with Crippen molar-refractivity contribution in [3.05, 3.63) is 33.5 Å². The van der Waals surface area contributed by atoms with E-state index < -0.39 is 29.0 Å². The van der Waals surface area contributed by atoms with Gasteiger partial charge in [-0.3, -0.25) is 4.79 Å². The summed E-state index contributed by atoms with van der Waals surface area (Å²) in [4.78, 5) is 11.7. The highest BCUT2D eigenvalue weighted by Gasteiger charge is 2.36. The molecule has 0 aliphatic rings. The second-order valence-corrected chi connectivity index (χ2v) is 4.75. The maximum Gasteiger partial charge on any atom is 0.419 e. The van der Waals surface area contributed by atoms with Gasteiger partial charge in [0.25, 0.3) is 5.91 Å². The second kappa shape index (κ2) is 6.36. The number of amides is 1. The first kappa shape index (κ1) is 15.9. The average Bonchev–Trinajstić information content (AvgIpc) is 2.27. The molecule has 0 aromatic heterocycles. The van der Waals surface area contributed by atoms with Gasteiger partial charge in [0.2, 0.25) is 0 Å². The predicted molar refractivity (Wildman–Crippen MR) is 66.3 cm³/mol. The standard InChI is InChI=1S/C12H12BrF4NO/c1-2-3-6-18-11(19)9-8(13)5-4-7(10(9)14)12(15,16)17/h4-5H,2-3,6H2,1H3,(H,18,19). The van der Waals surface area contributed by atoms with E-state index >= 15 is 0 Å². The number of hydrogen-bond donors (Lipinski definition) is 1. The van der Waals surface area contributed by atoms with Crippen molar-refractivity contribution in [2.45, 2.75) is 25.9 Å². The van der Waals surface area contributed by atoms with Gasteiger partial charge in [-0.25, -0.2) is 4.39 Å². The third-order valence-corrected chi connectivity index (χ3v) is 3.10. The molecule has 7 heteroatoms. The van der Waals surface area contributed by atoms with Crippen LogP contribution in [-0.2, 0) is 6.18 Å². The van der Waals surface area contributed by atoms with Crippen LogP contribution in [0.15, 0.2) is 16.6 Å². The van der Waals surface area contributed by atoms with Crippen LogP contribution in [0.1, 0.15) is 35.7 Å². The number of carbonyl (C=O) groups is 1. The van der Waals surface area contributed by atoms with Crippen LogP contribution in [0.5, 0.6) is 0 Å². The van der Waals surface area contributed by atoms with Crippen LogP contribution < -0.4 is 5.32 Å². The van der Waals surface area contributed by atoms with Crippen molar-refractivity contribution >= 4 is 21.8 Å². The monoisotopic (exact) mass is 341 g/mol. The van der Waals surface area contributed by atoms with Crippen molar-refractivity contribution in [2.24, 2.45) is 0 Å². The Labute approximate surface area is 116 Å². The number of carbonyl (C=O) groups excluding carboxylic acids is 1. The fourth-order valence-corrected chi connectivity index (χ4v) is 1.93. The van der Waals surface area contributed by atoms with Crippen LogP contribution in [-0.4, -0.2) is 12.5 Å². The van der Waals surface area contributed by atoms with E-state index in [0.717, 1.165) is 12.5 Å². The molecule has 0 spiro atoms. The summed E-state index contributed by atoms with van der Waals surface area (Å²) >= 11 is 2.89. The molecular formula is C12H12BrF4NO. The van der Waals surface area contributed by atoms with Gasteiger partial charge in [0.05, 0.1) is 11.1 Å². The first-order valence-corrected chi connectivity index (χ1v) is 6.41. The molecular weight excluding hydrogens is 330 g/mol. The summed E-state index contributed by atoms with van der Waals surface area (Å²) in [6, 6.07) is 1.61. The molecule has 2 nitrogen and oxygen atoms in total. The molecule has 0 saturated heterocycles. The van der Waals surface area contributed by atoms with Crippen molar-refractivity contribution in [3.8, 4) is 0 Å². The van der Waals surface area contributed by atoms with Gasteiger partial charge in [0.1, 0.15) is 5.82 Å². The molecule has 1 aromatic rings. The number of nitrogens with one attached hydrogen (secondary N) is 1. The topological polar surface area (TPSA) is 29.1 Å². The van der Waals surface area contributed by atoms with E-state index in [1.807, 2.05) is 6.92 Å². The minimum absolute atomic E-state index is 0.00741. The summed E-state index contributed by atoms with van der Waals surface area (Å²) in [6.45, 7) is 2.18. The fraction of sp³-hybridized carbons (Fsp3) is 0.417. The lowest BCUT2D eigenvalue weighted by Crippen LogP contribution is -2.26.